The van der Waals surface area contributed by atoms with Crippen LogP contribution in [0, 0.1) is 11.3 Å². The fourth-order valence-corrected chi connectivity index (χ4v) is 2.38. The van der Waals surface area contributed by atoms with Gasteiger partial charge in [-0.15, -0.1) is 0 Å². The van der Waals surface area contributed by atoms with Crippen LogP contribution in [0.4, 0.5) is 11.4 Å². The number of carbonyl (C=O) groups excluding carboxylic acids is 1. The van der Waals surface area contributed by atoms with Gasteiger partial charge in [0.15, 0.2) is 0 Å². The second kappa shape index (κ2) is 8.23. The van der Waals surface area contributed by atoms with E-state index in [0.717, 1.165) is 11.3 Å². The molecule has 0 heterocycles. The second-order valence-corrected chi connectivity index (χ2v) is 5.64. The van der Waals surface area contributed by atoms with Crippen LogP contribution in [-0.4, -0.2) is 19.1 Å². The normalized spacial score (nSPS) is 11.2. The third-order valence-corrected chi connectivity index (χ3v) is 3.73. The van der Waals surface area contributed by atoms with Crippen molar-refractivity contribution in [3.05, 3.63) is 53.1 Å². The summed E-state index contributed by atoms with van der Waals surface area (Å²) >= 11 is 6.05. The number of rotatable bonds is 6. The molecular formula is C18H18ClN3O2. The van der Waals surface area contributed by atoms with Crippen molar-refractivity contribution in [3.63, 3.8) is 0 Å². The summed E-state index contributed by atoms with van der Waals surface area (Å²) in [7, 11) is 1.54. The van der Waals surface area contributed by atoms with Crippen LogP contribution in [-0.2, 0) is 11.2 Å². The van der Waals surface area contributed by atoms with Gasteiger partial charge in [-0.05, 0) is 42.8 Å². The molecule has 124 valence electrons. The minimum absolute atomic E-state index is 0.183. The summed E-state index contributed by atoms with van der Waals surface area (Å²) in [6.07, 6.45) is 0.370. The topological polar surface area (TPSA) is 74.2 Å². The van der Waals surface area contributed by atoms with E-state index in [2.05, 4.69) is 16.7 Å². The first kappa shape index (κ1) is 17.6. The molecule has 24 heavy (non-hydrogen) atoms. The lowest BCUT2D eigenvalue weighted by atomic mass is 10.1. The smallest absolute Gasteiger partial charge is 0.246 e. The summed E-state index contributed by atoms with van der Waals surface area (Å²) in [6.45, 7) is 1.77. The van der Waals surface area contributed by atoms with Gasteiger partial charge in [0.25, 0.3) is 0 Å². The quantitative estimate of drug-likeness (QED) is 0.835. The van der Waals surface area contributed by atoms with Gasteiger partial charge in [0, 0.05) is 11.4 Å². The first-order valence-electron chi connectivity index (χ1n) is 7.40. The van der Waals surface area contributed by atoms with E-state index in [1.807, 2.05) is 24.3 Å². The molecule has 0 aromatic heterocycles. The molecule has 2 aromatic rings. The third-order valence-electron chi connectivity index (χ3n) is 3.43. The van der Waals surface area contributed by atoms with Gasteiger partial charge < -0.3 is 15.4 Å². The fourth-order valence-electron chi connectivity index (χ4n) is 2.12. The molecule has 2 aromatic carbocycles. The molecule has 1 atom stereocenters. The van der Waals surface area contributed by atoms with E-state index < -0.39 is 6.04 Å². The molecule has 0 radical (unpaired) electrons. The minimum atomic E-state index is -0.437. The van der Waals surface area contributed by atoms with E-state index in [1.165, 1.54) is 7.11 Å². The van der Waals surface area contributed by atoms with Crippen molar-refractivity contribution in [3.8, 4) is 11.8 Å². The number of benzene rings is 2. The molecule has 0 fully saturated rings. The van der Waals surface area contributed by atoms with Crippen LogP contribution in [0.2, 0.25) is 5.02 Å². The van der Waals surface area contributed by atoms with E-state index in [-0.39, 0.29) is 5.91 Å². The van der Waals surface area contributed by atoms with Gasteiger partial charge in [-0.3, -0.25) is 4.79 Å². The lowest BCUT2D eigenvalue weighted by Crippen LogP contribution is -2.31. The van der Waals surface area contributed by atoms with Gasteiger partial charge in [0.1, 0.15) is 11.8 Å². The highest BCUT2D eigenvalue weighted by molar-refractivity contribution is 6.32. The zero-order valence-corrected chi connectivity index (χ0v) is 14.2. The Bertz CT molecular complexity index is 754. The number of carbonyl (C=O) groups is 1. The van der Waals surface area contributed by atoms with Crippen molar-refractivity contribution >= 4 is 28.9 Å². The van der Waals surface area contributed by atoms with Crippen LogP contribution in [0.25, 0.3) is 0 Å². The standard InChI is InChI=1S/C18H18ClN3O2/c1-12(21-14-5-3-13(4-6-14)9-10-20)18(23)22-15-7-8-17(24-2)16(19)11-15/h3-8,11-12,21H,9H2,1-2H3,(H,22,23)/t12-/m1/s1. The minimum Gasteiger partial charge on any atom is -0.495 e. The monoisotopic (exact) mass is 343 g/mol. The molecule has 0 saturated heterocycles. The summed E-state index contributed by atoms with van der Waals surface area (Å²) in [6, 6.07) is 14.1. The molecule has 6 heteroatoms. The lowest BCUT2D eigenvalue weighted by Gasteiger charge is -2.16. The van der Waals surface area contributed by atoms with Crippen molar-refractivity contribution in [1.82, 2.24) is 0 Å². The summed E-state index contributed by atoms with van der Waals surface area (Å²) in [4.78, 5) is 12.3. The van der Waals surface area contributed by atoms with Crippen molar-refractivity contribution < 1.29 is 9.53 Å². The molecule has 0 unspecified atom stereocenters. The summed E-state index contributed by atoms with van der Waals surface area (Å²) in [5.41, 5.74) is 2.35. The lowest BCUT2D eigenvalue weighted by molar-refractivity contribution is -0.116. The van der Waals surface area contributed by atoms with Crippen molar-refractivity contribution in [2.24, 2.45) is 0 Å². The van der Waals surface area contributed by atoms with E-state index in [0.29, 0.717) is 22.9 Å². The van der Waals surface area contributed by atoms with Gasteiger partial charge in [-0.2, -0.15) is 5.26 Å². The maximum absolute atomic E-state index is 12.3. The van der Waals surface area contributed by atoms with Gasteiger partial charge in [0.2, 0.25) is 5.91 Å². The first-order valence-corrected chi connectivity index (χ1v) is 7.78. The Morgan fingerprint density at radius 3 is 2.50 bits per heavy atom. The Balaban J connectivity index is 1.96. The molecule has 2 N–H and O–H groups in total. The number of hydrogen-bond donors (Lipinski definition) is 2. The van der Waals surface area contributed by atoms with Crippen molar-refractivity contribution in [2.75, 3.05) is 17.7 Å². The van der Waals surface area contributed by atoms with Crippen LogP contribution >= 0.6 is 11.6 Å². The SMILES string of the molecule is COc1ccc(NC(=O)[C@@H](C)Nc2ccc(CC#N)cc2)cc1Cl. The number of nitriles is 1. The summed E-state index contributed by atoms with van der Waals surface area (Å²) < 4.78 is 5.08. The number of hydrogen-bond acceptors (Lipinski definition) is 4. The highest BCUT2D eigenvalue weighted by Crippen LogP contribution is 2.27. The second-order valence-electron chi connectivity index (χ2n) is 5.24. The molecule has 0 aliphatic rings. The molecule has 0 aliphatic carbocycles. The Morgan fingerprint density at radius 2 is 1.92 bits per heavy atom. The first-order chi connectivity index (χ1) is 11.5. The highest BCUT2D eigenvalue weighted by Gasteiger charge is 2.13. The predicted octanol–water partition coefficient (Wildman–Crippen LogP) is 3.85. The maximum atomic E-state index is 12.3. The number of nitrogens with one attached hydrogen (secondary N) is 2. The van der Waals surface area contributed by atoms with E-state index >= 15 is 0 Å². The van der Waals surface area contributed by atoms with Crippen LogP contribution in [0.1, 0.15) is 12.5 Å². The zero-order valence-electron chi connectivity index (χ0n) is 13.5. The zero-order chi connectivity index (χ0) is 17.5. The third kappa shape index (κ3) is 4.64. The Labute approximate surface area is 146 Å². The molecule has 0 aliphatic heterocycles. The van der Waals surface area contributed by atoms with Gasteiger partial charge >= 0.3 is 0 Å². The molecule has 5 nitrogen and oxygen atoms in total. The van der Waals surface area contributed by atoms with Crippen molar-refractivity contribution in [2.45, 2.75) is 19.4 Å². The summed E-state index contributed by atoms with van der Waals surface area (Å²) in [5.74, 6) is 0.371. The molecule has 0 spiro atoms. The van der Waals surface area contributed by atoms with Crippen LogP contribution in [0.15, 0.2) is 42.5 Å². The van der Waals surface area contributed by atoms with E-state index in [1.54, 1.807) is 25.1 Å². The number of methoxy groups -OCH3 is 1. The molecule has 0 saturated carbocycles. The van der Waals surface area contributed by atoms with Crippen molar-refractivity contribution in [1.29, 1.82) is 5.26 Å². The number of anilines is 2. The van der Waals surface area contributed by atoms with Crippen LogP contribution in [0.3, 0.4) is 0 Å². The van der Waals surface area contributed by atoms with E-state index in [4.69, 9.17) is 21.6 Å². The summed E-state index contributed by atoms with van der Waals surface area (Å²) in [5, 5.41) is 15.0. The average molecular weight is 344 g/mol. The maximum Gasteiger partial charge on any atom is 0.246 e. The molecule has 2 rings (SSSR count). The molecular weight excluding hydrogens is 326 g/mol. The number of nitrogens with zero attached hydrogens (tertiary/aromatic N) is 1. The number of amides is 1. The number of ether oxygens (including phenoxy) is 1. The van der Waals surface area contributed by atoms with Crippen LogP contribution in [0.5, 0.6) is 5.75 Å². The largest absolute Gasteiger partial charge is 0.495 e. The Hall–Kier alpha value is -2.71. The Morgan fingerprint density at radius 1 is 1.25 bits per heavy atom. The fraction of sp³-hybridized carbons (Fsp3) is 0.222. The Kier molecular flexibility index (Phi) is 6.05. The van der Waals surface area contributed by atoms with Gasteiger partial charge in [0.05, 0.1) is 24.6 Å². The number of halogens is 1. The molecule has 1 amide bonds. The van der Waals surface area contributed by atoms with Gasteiger partial charge in [-0.1, -0.05) is 23.7 Å². The molecule has 0 bridgehead atoms. The van der Waals surface area contributed by atoms with Crippen LogP contribution < -0.4 is 15.4 Å². The van der Waals surface area contributed by atoms with E-state index in [9.17, 15) is 4.79 Å². The average Bonchev–Trinajstić information content (AvgIpc) is 2.57. The predicted molar refractivity (Wildman–Crippen MR) is 95.5 cm³/mol. The van der Waals surface area contributed by atoms with Gasteiger partial charge in [-0.25, -0.2) is 0 Å². The highest BCUT2D eigenvalue weighted by atomic mass is 35.5.